The van der Waals surface area contributed by atoms with Gasteiger partial charge >= 0.3 is 0 Å². The Morgan fingerprint density at radius 1 is 1.20 bits per heavy atom. The molecule has 2 atom stereocenters. The Morgan fingerprint density at radius 2 is 1.88 bits per heavy atom. The molecule has 0 spiro atoms. The first-order chi connectivity index (χ1) is 11.5. The highest BCUT2D eigenvalue weighted by atomic mass is 35.5. The van der Waals surface area contributed by atoms with E-state index in [1.807, 2.05) is 42.6 Å². The van der Waals surface area contributed by atoms with Crippen LogP contribution in [0, 0.1) is 0 Å². The van der Waals surface area contributed by atoms with Crippen molar-refractivity contribution in [2.45, 2.75) is 25.5 Å². The Balaban J connectivity index is 0.00000312. The van der Waals surface area contributed by atoms with E-state index >= 15 is 0 Å². The molecule has 25 heavy (non-hydrogen) atoms. The molecular formula is C19H24ClNO4. The summed E-state index contributed by atoms with van der Waals surface area (Å²) in [5.41, 5.74) is 1.38. The summed E-state index contributed by atoms with van der Waals surface area (Å²) in [7, 11) is 1.45. The minimum atomic E-state index is -0.574. The predicted octanol–water partition coefficient (Wildman–Crippen LogP) is -1.34. The number of nitrogens with two attached hydrogens (primary N) is 1. The van der Waals surface area contributed by atoms with Crippen LogP contribution in [-0.2, 0) is 0 Å². The van der Waals surface area contributed by atoms with E-state index in [0.717, 1.165) is 5.56 Å². The van der Waals surface area contributed by atoms with Gasteiger partial charge in [0.05, 0.1) is 20.1 Å². The highest BCUT2D eigenvalue weighted by molar-refractivity contribution is 5.96. The molecule has 2 rings (SSSR count). The third-order valence-electron chi connectivity index (χ3n) is 4.05. The molecule has 0 radical (unpaired) electrons. The second kappa shape index (κ2) is 10.0. The van der Waals surface area contributed by atoms with Gasteiger partial charge in [-0.3, -0.25) is 4.79 Å². The van der Waals surface area contributed by atoms with E-state index in [0.29, 0.717) is 18.5 Å². The van der Waals surface area contributed by atoms with Crippen molar-refractivity contribution in [3.05, 3.63) is 59.7 Å². The van der Waals surface area contributed by atoms with E-state index in [9.17, 15) is 15.0 Å². The number of quaternary nitrogens is 1. The Labute approximate surface area is 154 Å². The summed E-state index contributed by atoms with van der Waals surface area (Å²) in [5.74, 6) is 0.281. The van der Waals surface area contributed by atoms with Crippen molar-refractivity contribution in [3.8, 4) is 11.5 Å². The Bertz CT molecular complexity index is 678. The molecule has 0 saturated carbocycles. The van der Waals surface area contributed by atoms with Crippen molar-refractivity contribution in [1.29, 1.82) is 0 Å². The number of aliphatic hydroxyl groups excluding tert-OH is 1. The first-order valence-corrected chi connectivity index (χ1v) is 7.99. The summed E-state index contributed by atoms with van der Waals surface area (Å²) in [6, 6.07) is 14.0. The van der Waals surface area contributed by atoms with Crippen molar-refractivity contribution < 1.29 is 37.5 Å². The fourth-order valence-electron chi connectivity index (χ4n) is 2.56. The van der Waals surface area contributed by atoms with Gasteiger partial charge in [0, 0.05) is 5.56 Å². The number of aliphatic hydroxyl groups is 1. The Morgan fingerprint density at radius 3 is 2.52 bits per heavy atom. The van der Waals surface area contributed by atoms with Crippen molar-refractivity contribution in [1.82, 2.24) is 0 Å². The van der Waals surface area contributed by atoms with Crippen molar-refractivity contribution in [2.75, 3.05) is 13.7 Å². The summed E-state index contributed by atoms with van der Waals surface area (Å²) < 4.78 is 5.02. The van der Waals surface area contributed by atoms with Crippen LogP contribution in [0.15, 0.2) is 48.5 Å². The molecule has 2 aromatic rings. The van der Waals surface area contributed by atoms with E-state index in [1.54, 1.807) is 12.1 Å². The van der Waals surface area contributed by atoms with Gasteiger partial charge < -0.3 is 32.7 Å². The standard InChI is InChI=1S/C19H23NO4.ClH/c1-13(19(23)14-6-4-3-5-7-14)20-11-10-16(21)15-8-9-17(22)18(12-15)24-2;/h3-9,12-13,19-20,22-23H,10-11H2,1-2H3;1H. The number of aromatic hydroxyl groups is 1. The number of phenols is 1. The van der Waals surface area contributed by atoms with Gasteiger partial charge in [0.25, 0.3) is 0 Å². The maximum absolute atomic E-state index is 12.2. The molecule has 0 aliphatic carbocycles. The van der Waals surface area contributed by atoms with Crippen LogP contribution in [0.5, 0.6) is 11.5 Å². The number of phenolic OH excluding ortho intramolecular Hbond substituents is 1. The number of halogens is 1. The molecule has 4 N–H and O–H groups in total. The largest absolute Gasteiger partial charge is 1.00 e. The molecule has 0 bridgehead atoms. The average Bonchev–Trinajstić information content (AvgIpc) is 2.62. The lowest BCUT2D eigenvalue weighted by Gasteiger charge is -2.17. The maximum Gasteiger partial charge on any atom is 0.168 e. The van der Waals surface area contributed by atoms with Gasteiger partial charge in [-0.15, -0.1) is 0 Å². The lowest BCUT2D eigenvalue weighted by atomic mass is 10.0. The fraction of sp³-hybridized carbons (Fsp3) is 0.316. The molecule has 0 aliphatic heterocycles. The molecule has 2 aromatic carbocycles. The molecule has 0 aliphatic rings. The number of benzene rings is 2. The van der Waals surface area contributed by atoms with E-state index in [4.69, 9.17) is 4.74 Å². The van der Waals surface area contributed by atoms with Gasteiger partial charge in [-0.25, -0.2) is 0 Å². The SMILES string of the molecule is COc1cc(C(=O)CC[NH2+]C(C)C(O)c2ccccc2)ccc1O.[Cl-]. The smallest absolute Gasteiger partial charge is 0.168 e. The van der Waals surface area contributed by atoms with Gasteiger partial charge in [-0.2, -0.15) is 0 Å². The van der Waals surface area contributed by atoms with Gasteiger partial charge in [-0.1, -0.05) is 30.3 Å². The van der Waals surface area contributed by atoms with Crippen LogP contribution in [0.25, 0.3) is 0 Å². The normalized spacial score (nSPS) is 12.8. The zero-order valence-electron chi connectivity index (χ0n) is 14.4. The number of Topliss-reactive ketones (excluding diaryl/α,β-unsaturated/α-hetero) is 1. The van der Waals surface area contributed by atoms with Gasteiger partial charge in [-0.05, 0) is 30.7 Å². The fourth-order valence-corrected chi connectivity index (χ4v) is 2.56. The first-order valence-electron chi connectivity index (χ1n) is 7.99. The van der Waals surface area contributed by atoms with Crippen molar-refractivity contribution >= 4 is 5.78 Å². The van der Waals surface area contributed by atoms with Crippen LogP contribution < -0.4 is 22.5 Å². The molecule has 0 fully saturated rings. The van der Waals surface area contributed by atoms with Gasteiger partial charge in [0.1, 0.15) is 12.1 Å². The number of rotatable bonds is 8. The number of ether oxygens (including phenoxy) is 1. The lowest BCUT2D eigenvalue weighted by Crippen LogP contribution is -3.00. The van der Waals surface area contributed by atoms with Gasteiger partial charge in [0.2, 0.25) is 0 Å². The molecule has 6 heteroatoms. The molecular weight excluding hydrogens is 342 g/mol. The van der Waals surface area contributed by atoms with E-state index < -0.39 is 6.10 Å². The minimum Gasteiger partial charge on any atom is -1.00 e. The zero-order chi connectivity index (χ0) is 17.5. The quantitative estimate of drug-likeness (QED) is 0.506. The van der Waals surface area contributed by atoms with E-state index in [1.165, 1.54) is 13.2 Å². The van der Waals surface area contributed by atoms with Crippen molar-refractivity contribution in [3.63, 3.8) is 0 Å². The number of hydrogen-bond acceptors (Lipinski definition) is 4. The topological polar surface area (TPSA) is 83.4 Å². The van der Waals surface area contributed by atoms with Gasteiger partial charge in [0.15, 0.2) is 17.3 Å². The lowest BCUT2D eigenvalue weighted by molar-refractivity contribution is -0.693. The van der Waals surface area contributed by atoms with Crippen LogP contribution in [0.4, 0.5) is 0 Å². The second-order valence-corrected chi connectivity index (χ2v) is 5.80. The number of ketones is 1. The van der Waals surface area contributed by atoms with Crippen LogP contribution in [0.2, 0.25) is 0 Å². The van der Waals surface area contributed by atoms with Crippen LogP contribution in [0.1, 0.15) is 35.4 Å². The molecule has 2 unspecified atom stereocenters. The Hall–Kier alpha value is -2.08. The number of hydrogen-bond donors (Lipinski definition) is 3. The van der Waals surface area contributed by atoms with Crippen LogP contribution in [0.3, 0.4) is 0 Å². The van der Waals surface area contributed by atoms with E-state index in [-0.39, 0.29) is 35.7 Å². The molecule has 5 nitrogen and oxygen atoms in total. The Kier molecular flexibility index (Phi) is 8.41. The van der Waals surface area contributed by atoms with Crippen LogP contribution >= 0.6 is 0 Å². The van der Waals surface area contributed by atoms with Crippen LogP contribution in [-0.4, -0.2) is 35.7 Å². The number of carbonyl (C=O) groups excluding carboxylic acids is 1. The first kappa shape index (κ1) is 21.0. The monoisotopic (exact) mass is 365 g/mol. The summed E-state index contributed by atoms with van der Waals surface area (Å²) in [6.07, 6.45) is -0.227. The second-order valence-electron chi connectivity index (χ2n) is 5.80. The third-order valence-corrected chi connectivity index (χ3v) is 4.05. The third kappa shape index (κ3) is 5.74. The summed E-state index contributed by atoms with van der Waals surface area (Å²) >= 11 is 0. The van der Waals surface area contributed by atoms with Crippen molar-refractivity contribution in [2.24, 2.45) is 0 Å². The summed E-state index contributed by atoms with van der Waals surface area (Å²) in [4.78, 5) is 12.2. The predicted molar refractivity (Wildman–Crippen MR) is 91.3 cm³/mol. The molecule has 0 amide bonds. The minimum absolute atomic E-state index is 0. The molecule has 0 heterocycles. The van der Waals surface area contributed by atoms with E-state index in [2.05, 4.69) is 0 Å². The summed E-state index contributed by atoms with van der Waals surface area (Å²) in [6.45, 7) is 2.51. The maximum atomic E-state index is 12.2. The zero-order valence-corrected chi connectivity index (χ0v) is 15.1. The number of methoxy groups -OCH3 is 1. The molecule has 0 aromatic heterocycles. The molecule has 136 valence electrons. The summed E-state index contributed by atoms with van der Waals surface area (Å²) in [5, 5.41) is 21.8. The highest BCUT2D eigenvalue weighted by Gasteiger charge is 2.19. The number of carbonyl (C=O) groups is 1. The average molecular weight is 366 g/mol. The molecule has 0 saturated heterocycles. The highest BCUT2D eigenvalue weighted by Crippen LogP contribution is 2.26.